The number of carbonyl (C=O) groups is 3. The summed E-state index contributed by atoms with van der Waals surface area (Å²) in [5.41, 5.74) is 2.84. The molecule has 6 rings (SSSR count). The Labute approximate surface area is 244 Å². The second-order valence-corrected chi connectivity index (χ2v) is 12.0. The Kier molecular flexibility index (Phi) is 6.40. The molecule has 0 spiro atoms. The fourth-order valence-corrected chi connectivity index (χ4v) is 6.07. The van der Waals surface area contributed by atoms with Gasteiger partial charge in [0.05, 0.1) is 11.1 Å². The van der Waals surface area contributed by atoms with Gasteiger partial charge in [-0.1, -0.05) is 24.0 Å². The van der Waals surface area contributed by atoms with Gasteiger partial charge in [-0.25, -0.2) is 9.71 Å². The Balaban J connectivity index is 1.29. The van der Waals surface area contributed by atoms with Gasteiger partial charge in [0, 0.05) is 25.3 Å². The van der Waals surface area contributed by atoms with Crippen LogP contribution in [0.5, 0.6) is 0 Å². The van der Waals surface area contributed by atoms with E-state index in [9.17, 15) is 19.6 Å². The van der Waals surface area contributed by atoms with Crippen LogP contribution in [0.3, 0.4) is 0 Å². The van der Waals surface area contributed by atoms with Gasteiger partial charge in [0.15, 0.2) is 12.0 Å². The number of rotatable bonds is 6. The van der Waals surface area contributed by atoms with Gasteiger partial charge in [0.1, 0.15) is 34.9 Å². The van der Waals surface area contributed by atoms with E-state index in [0.29, 0.717) is 49.4 Å². The van der Waals surface area contributed by atoms with Crippen molar-refractivity contribution in [3.05, 3.63) is 69.6 Å². The van der Waals surface area contributed by atoms with E-state index in [4.69, 9.17) is 0 Å². The normalized spacial score (nSPS) is 21.1. The number of aromatic nitrogens is 5. The minimum atomic E-state index is -0.639. The van der Waals surface area contributed by atoms with Crippen molar-refractivity contribution in [3.8, 4) is 11.1 Å². The predicted octanol–water partition coefficient (Wildman–Crippen LogP) is 3.73. The summed E-state index contributed by atoms with van der Waals surface area (Å²) in [5.74, 6) is 0.0172. The quantitative estimate of drug-likeness (QED) is 0.151. The summed E-state index contributed by atoms with van der Waals surface area (Å²) in [4.78, 5) is 49.9. The van der Waals surface area contributed by atoms with Crippen molar-refractivity contribution in [2.45, 2.75) is 59.2 Å². The first-order valence-electron chi connectivity index (χ1n) is 13.3. The minimum Gasteiger partial charge on any atom is -0.711 e. The highest BCUT2D eigenvalue weighted by molar-refractivity contribution is 9.10. The number of Topliss-reactive ketones (excluding diaryl/α,β-unsaturated/α-hetero) is 1. The zero-order chi connectivity index (χ0) is 29.2. The van der Waals surface area contributed by atoms with Crippen LogP contribution in [0.1, 0.15) is 48.6 Å². The van der Waals surface area contributed by atoms with Gasteiger partial charge >= 0.3 is 0 Å². The lowest BCUT2D eigenvalue weighted by Gasteiger charge is -2.27. The maximum absolute atomic E-state index is 13.8. The molecular weight excluding hydrogens is 590 g/mol. The van der Waals surface area contributed by atoms with E-state index in [1.807, 2.05) is 13.0 Å². The van der Waals surface area contributed by atoms with Gasteiger partial charge in [0.25, 0.3) is 5.82 Å². The molecule has 1 aliphatic heterocycles. The summed E-state index contributed by atoms with van der Waals surface area (Å²) in [7, 11) is 0. The molecule has 4 heterocycles. The number of fused-ring (bicyclic) bond motifs is 2. The molecular formula is C29H28BrN7O4. The number of nitrogens with zero attached hydrogens (tertiary/aromatic N) is 6. The van der Waals surface area contributed by atoms with E-state index < -0.39 is 6.04 Å². The van der Waals surface area contributed by atoms with E-state index in [0.717, 1.165) is 12.0 Å². The SMILES string of the molecule is CC(=O)c1nn(CC(=O)N2[C@H](C(=O)Nc3nc(Br)ccc3C)C[C@@]3(C)C[C@@H]23)c2ccc(-c3cnc(C)[n+]([O-])c3)cc12. The Morgan fingerprint density at radius 1 is 1.17 bits per heavy atom. The predicted molar refractivity (Wildman–Crippen MR) is 154 cm³/mol. The largest absolute Gasteiger partial charge is 0.711 e. The second-order valence-electron chi connectivity index (χ2n) is 11.2. The van der Waals surface area contributed by atoms with Crippen molar-refractivity contribution in [1.82, 2.24) is 24.6 Å². The lowest BCUT2D eigenvalue weighted by molar-refractivity contribution is -0.615. The summed E-state index contributed by atoms with van der Waals surface area (Å²) in [6.45, 7) is 6.87. The van der Waals surface area contributed by atoms with E-state index in [2.05, 4.69) is 43.2 Å². The number of hydrogen-bond acceptors (Lipinski definition) is 7. The molecule has 3 atom stereocenters. The van der Waals surface area contributed by atoms with Crippen LogP contribution < -0.4 is 10.0 Å². The molecule has 2 aliphatic rings. The molecule has 0 bridgehead atoms. The molecule has 1 saturated carbocycles. The van der Waals surface area contributed by atoms with Crippen molar-refractivity contribution < 1.29 is 19.1 Å². The second kappa shape index (κ2) is 9.72. The van der Waals surface area contributed by atoms with Crippen molar-refractivity contribution in [1.29, 1.82) is 0 Å². The highest BCUT2D eigenvalue weighted by Gasteiger charge is 2.64. The number of halogens is 1. The van der Waals surface area contributed by atoms with Crippen LogP contribution in [0.25, 0.3) is 22.0 Å². The van der Waals surface area contributed by atoms with Crippen LogP contribution in [0.15, 0.2) is 47.3 Å². The number of likely N-dealkylation sites (tertiary alicyclic amines) is 1. The summed E-state index contributed by atoms with van der Waals surface area (Å²) in [5, 5.41) is 20.1. The lowest BCUT2D eigenvalue weighted by atomic mass is 10.0. The first-order chi connectivity index (χ1) is 19.4. The summed E-state index contributed by atoms with van der Waals surface area (Å²) in [6.07, 6.45) is 4.43. The monoisotopic (exact) mass is 617 g/mol. The van der Waals surface area contributed by atoms with E-state index >= 15 is 0 Å². The first-order valence-corrected chi connectivity index (χ1v) is 14.1. The fourth-order valence-electron chi connectivity index (χ4n) is 5.76. The van der Waals surface area contributed by atoms with Crippen LogP contribution in [0.4, 0.5) is 5.82 Å². The van der Waals surface area contributed by atoms with Crippen LogP contribution in [-0.4, -0.2) is 54.3 Å². The molecule has 1 saturated heterocycles. The van der Waals surface area contributed by atoms with E-state index in [1.54, 1.807) is 42.3 Å². The molecule has 2 fully saturated rings. The number of pyridine rings is 1. The molecule has 1 aliphatic carbocycles. The van der Waals surface area contributed by atoms with Crippen molar-refractivity contribution in [2.75, 3.05) is 5.32 Å². The van der Waals surface area contributed by atoms with Gasteiger partial charge in [0.2, 0.25) is 11.8 Å². The van der Waals surface area contributed by atoms with Gasteiger partial charge in [-0.3, -0.25) is 19.1 Å². The highest BCUT2D eigenvalue weighted by atomic mass is 79.9. The molecule has 1 aromatic carbocycles. The Hall–Kier alpha value is -4.19. The molecule has 11 nitrogen and oxygen atoms in total. The Bertz CT molecular complexity index is 1770. The number of ketones is 1. The number of anilines is 1. The molecule has 2 amide bonds. The van der Waals surface area contributed by atoms with Crippen molar-refractivity contribution >= 4 is 50.2 Å². The summed E-state index contributed by atoms with van der Waals surface area (Å²) >= 11 is 3.34. The fraction of sp³-hybridized carbons (Fsp3) is 0.345. The van der Waals surface area contributed by atoms with Crippen LogP contribution >= 0.6 is 15.9 Å². The number of piperidine rings is 1. The molecule has 1 N–H and O–H groups in total. The van der Waals surface area contributed by atoms with Crippen LogP contribution in [0, 0.1) is 24.5 Å². The number of hydrogen-bond donors (Lipinski definition) is 1. The topological polar surface area (TPSA) is 137 Å². The van der Waals surface area contributed by atoms with E-state index in [-0.39, 0.29) is 41.3 Å². The standard InChI is InChI=1S/C29H28BrN7O4/c1-15-5-8-24(30)32-27(15)33-28(40)22-10-29(4)11-23(29)37(22)25(39)14-35-21-7-6-18(9-20(21)26(34-35)16(2)38)19-12-31-17(3)36(41)13-19/h5-9,12-13,22-23H,10-11,14H2,1-4H3,(H,32,33,40)/t22-,23+,29-/m0/s1. The first kappa shape index (κ1) is 27.0. The zero-order valence-electron chi connectivity index (χ0n) is 23.0. The van der Waals surface area contributed by atoms with Crippen LogP contribution in [0.2, 0.25) is 0 Å². The van der Waals surface area contributed by atoms with Gasteiger partial charge in [-0.15, -0.1) is 0 Å². The lowest BCUT2D eigenvalue weighted by Crippen LogP contribution is -2.47. The minimum absolute atomic E-state index is 0.0316. The third kappa shape index (κ3) is 4.75. The average Bonchev–Trinajstić information content (AvgIpc) is 3.29. The molecule has 4 aromatic rings. The van der Waals surface area contributed by atoms with Gasteiger partial charge in [-0.2, -0.15) is 5.10 Å². The zero-order valence-corrected chi connectivity index (χ0v) is 24.6. The van der Waals surface area contributed by atoms with Gasteiger partial charge < -0.3 is 15.4 Å². The maximum Gasteiger partial charge on any atom is 0.298 e. The molecule has 3 aromatic heterocycles. The molecule has 0 unspecified atom stereocenters. The smallest absolute Gasteiger partial charge is 0.298 e. The molecule has 12 heteroatoms. The summed E-state index contributed by atoms with van der Waals surface area (Å²) in [6, 6.07) is 8.36. The average molecular weight is 618 g/mol. The molecule has 41 heavy (non-hydrogen) atoms. The summed E-state index contributed by atoms with van der Waals surface area (Å²) < 4.78 is 2.82. The molecule has 210 valence electrons. The number of carbonyl (C=O) groups excluding carboxylic acids is 3. The Morgan fingerprint density at radius 3 is 2.68 bits per heavy atom. The highest BCUT2D eigenvalue weighted by Crippen LogP contribution is 2.59. The molecule has 0 radical (unpaired) electrons. The third-order valence-corrected chi connectivity index (χ3v) is 8.64. The Morgan fingerprint density at radius 2 is 1.95 bits per heavy atom. The number of amides is 2. The number of benzene rings is 1. The van der Waals surface area contributed by atoms with Crippen molar-refractivity contribution in [3.63, 3.8) is 0 Å². The van der Waals surface area contributed by atoms with Crippen molar-refractivity contribution in [2.24, 2.45) is 5.41 Å². The number of aryl methyl sites for hydroxylation is 2. The van der Waals surface area contributed by atoms with E-state index in [1.165, 1.54) is 17.8 Å². The van der Waals surface area contributed by atoms with Gasteiger partial charge in [-0.05, 0) is 70.4 Å². The third-order valence-electron chi connectivity index (χ3n) is 8.20. The van der Waals surface area contributed by atoms with Crippen LogP contribution in [-0.2, 0) is 16.1 Å². The number of nitrogens with one attached hydrogen (secondary N) is 1. The maximum atomic E-state index is 13.8.